The normalized spacial score (nSPS) is 21.0. The smallest absolute Gasteiger partial charge is 0.254 e. The van der Waals surface area contributed by atoms with E-state index < -0.39 is 0 Å². The van der Waals surface area contributed by atoms with Gasteiger partial charge in [0, 0.05) is 58.0 Å². The van der Waals surface area contributed by atoms with Crippen LogP contribution in [-0.2, 0) is 14.3 Å². The molecule has 9 heteroatoms. The Kier molecular flexibility index (Phi) is 8.12. The maximum absolute atomic E-state index is 12.5. The summed E-state index contributed by atoms with van der Waals surface area (Å²) in [4.78, 5) is 46.4. The van der Waals surface area contributed by atoms with Crippen molar-refractivity contribution < 1.29 is 19.1 Å². The summed E-state index contributed by atoms with van der Waals surface area (Å²) in [5.74, 6) is -0.868. The second kappa shape index (κ2) is 10.6. The molecule has 1 saturated heterocycles. The largest absolute Gasteiger partial charge is 0.383 e. The Morgan fingerprint density at radius 1 is 1.30 bits per heavy atom. The highest BCUT2D eigenvalue weighted by atomic mass is 16.5. The first-order valence-electron chi connectivity index (χ1n) is 9.07. The van der Waals surface area contributed by atoms with Gasteiger partial charge in [-0.2, -0.15) is 0 Å². The Balaban J connectivity index is 1.96. The predicted molar refractivity (Wildman–Crippen MR) is 97.8 cm³/mol. The summed E-state index contributed by atoms with van der Waals surface area (Å²) in [6.45, 7) is 1.26. The molecule has 1 fully saturated rings. The maximum atomic E-state index is 12.5. The number of nitrogens with zero attached hydrogens (tertiary/aromatic N) is 3. The first-order valence-corrected chi connectivity index (χ1v) is 9.07. The summed E-state index contributed by atoms with van der Waals surface area (Å²) >= 11 is 0. The molecule has 1 aromatic heterocycles. The van der Waals surface area contributed by atoms with E-state index in [1.807, 2.05) is 0 Å². The van der Waals surface area contributed by atoms with Crippen LogP contribution < -0.4 is 10.6 Å². The number of methoxy groups -OCH3 is 1. The molecule has 0 radical (unpaired) electrons. The fraction of sp³-hybridized carbons (Fsp3) is 0.611. The Morgan fingerprint density at radius 3 is 2.74 bits per heavy atom. The van der Waals surface area contributed by atoms with Gasteiger partial charge in [0.25, 0.3) is 5.91 Å². The highest BCUT2D eigenvalue weighted by Gasteiger charge is 2.27. The number of rotatable bonds is 6. The predicted octanol–water partition coefficient (Wildman–Crippen LogP) is -0.0138. The third-order valence-corrected chi connectivity index (χ3v) is 4.58. The molecule has 1 aliphatic rings. The Bertz CT molecular complexity index is 640. The molecule has 3 amide bonds. The number of ether oxygens (including phenoxy) is 1. The van der Waals surface area contributed by atoms with Crippen molar-refractivity contribution in [3.05, 3.63) is 24.3 Å². The number of carbonyl (C=O) groups excluding carboxylic acids is 3. The second-order valence-electron chi connectivity index (χ2n) is 6.69. The van der Waals surface area contributed by atoms with Gasteiger partial charge >= 0.3 is 0 Å². The lowest BCUT2D eigenvalue weighted by Crippen LogP contribution is -2.44. The number of amides is 3. The standard InChI is InChI=1S/C18H27N5O4/c1-23-11-15(22-18(26)14-9-19-12-20-10-14)5-3-4-13(8-16(23)24)17(25)21-6-7-27-2/h9-10,12-13,15H,3-8,11H2,1-2H3,(H,21,25)(H,22,26)/t13-,15-/m1/s1. The van der Waals surface area contributed by atoms with Crippen LogP contribution in [-0.4, -0.2) is 72.5 Å². The van der Waals surface area contributed by atoms with Crippen LogP contribution in [0.2, 0.25) is 0 Å². The summed E-state index contributed by atoms with van der Waals surface area (Å²) in [6, 6.07) is -0.193. The van der Waals surface area contributed by atoms with Crippen molar-refractivity contribution in [1.29, 1.82) is 0 Å². The van der Waals surface area contributed by atoms with Gasteiger partial charge in [-0.25, -0.2) is 9.97 Å². The van der Waals surface area contributed by atoms with Crippen molar-refractivity contribution in [3.8, 4) is 0 Å². The number of carbonyl (C=O) groups is 3. The molecular formula is C18H27N5O4. The van der Waals surface area contributed by atoms with Crippen LogP contribution in [0.5, 0.6) is 0 Å². The zero-order valence-corrected chi connectivity index (χ0v) is 15.8. The van der Waals surface area contributed by atoms with Crippen LogP contribution in [0.4, 0.5) is 0 Å². The van der Waals surface area contributed by atoms with Gasteiger partial charge in [-0.05, 0) is 12.8 Å². The summed E-state index contributed by atoms with van der Waals surface area (Å²) in [5, 5.41) is 5.74. The third-order valence-electron chi connectivity index (χ3n) is 4.58. The molecule has 0 aromatic carbocycles. The summed E-state index contributed by atoms with van der Waals surface area (Å²) in [7, 11) is 3.26. The quantitative estimate of drug-likeness (QED) is 0.674. The molecule has 1 aliphatic heterocycles. The molecular weight excluding hydrogens is 350 g/mol. The van der Waals surface area contributed by atoms with Crippen LogP contribution >= 0.6 is 0 Å². The minimum absolute atomic E-state index is 0.105. The summed E-state index contributed by atoms with van der Waals surface area (Å²) < 4.78 is 4.93. The third kappa shape index (κ3) is 6.59. The van der Waals surface area contributed by atoms with Gasteiger partial charge in [0.2, 0.25) is 11.8 Å². The van der Waals surface area contributed by atoms with E-state index in [1.54, 1.807) is 19.1 Å². The van der Waals surface area contributed by atoms with Gasteiger partial charge in [0.15, 0.2) is 0 Å². The van der Waals surface area contributed by atoms with Gasteiger partial charge in [-0.3, -0.25) is 14.4 Å². The molecule has 2 N–H and O–H groups in total. The fourth-order valence-corrected chi connectivity index (χ4v) is 3.05. The number of aromatic nitrogens is 2. The first-order chi connectivity index (χ1) is 13.0. The zero-order chi connectivity index (χ0) is 19.6. The molecule has 0 unspecified atom stereocenters. The van der Waals surface area contributed by atoms with Gasteiger partial charge in [-0.15, -0.1) is 0 Å². The van der Waals surface area contributed by atoms with E-state index in [9.17, 15) is 14.4 Å². The molecule has 2 rings (SSSR count). The highest BCUT2D eigenvalue weighted by molar-refractivity contribution is 5.93. The average Bonchev–Trinajstić information content (AvgIpc) is 2.73. The average molecular weight is 377 g/mol. The van der Waals surface area contributed by atoms with Crippen LogP contribution in [0.1, 0.15) is 36.0 Å². The van der Waals surface area contributed by atoms with E-state index in [1.165, 1.54) is 18.7 Å². The van der Waals surface area contributed by atoms with E-state index in [4.69, 9.17) is 4.74 Å². The van der Waals surface area contributed by atoms with Gasteiger partial charge in [-0.1, -0.05) is 6.42 Å². The number of nitrogens with one attached hydrogen (secondary N) is 2. The second-order valence-corrected chi connectivity index (χ2v) is 6.69. The highest BCUT2D eigenvalue weighted by Crippen LogP contribution is 2.19. The summed E-state index contributed by atoms with van der Waals surface area (Å²) in [5.41, 5.74) is 0.377. The van der Waals surface area contributed by atoms with Crippen molar-refractivity contribution in [2.24, 2.45) is 5.92 Å². The lowest BCUT2D eigenvalue weighted by molar-refractivity contribution is -0.135. The number of likely N-dealkylation sites (N-methyl/N-ethyl adjacent to an activating group) is 1. The van der Waals surface area contributed by atoms with E-state index in [0.29, 0.717) is 38.1 Å². The van der Waals surface area contributed by atoms with Crippen molar-refractivity contribution in [3.63, 3.8) is 0 Å². The monoisotopic (exact) mass is 377 g/mol. The molecule has 27 heavy (non-hydrogen) atoms. The molecule has 1 aromatic rings. The molecule has 9 nitrogen and oxygen atoms in total. The fourth-order valence-electron chi connectivity index (χ4n) is 3.05. The van der Waals surface area contributed by atoms with E-state index in [-0.39, 0.29) is 36.1 Å². The van der Waals surface area contributed by atoms with E-state index >= 15 is 0 Å². The molecule has 2 atom stereocenters. The minimum atomic E-state index is -0.367. The molecule has 148 valence electrons. The minimum Gasteiger partial charge on any atom is -0.383 e. The Morgan fingerprint density at radius 2 is 2.04 bits per heavy atom. The van der Waals surface area contributed by atoms with Crippen LogP contribution in [0, 0.1) is 5.92 Å². The van der Waals surface area contributed by atoms with Crippen LogP contribution in [0.3, 0.4) is 0 Å². The van der Waals surface area contributed by atoms with Gasteiger partial charge < -0.3 is 20.3 Å². The van der Waals surface area contributed by atoms with Crippen LogP contribution in [0.25, 0.3) is 0 Å². The Labute approximate surface area is 158 Å². The molecule has 0 spiro atoms. The molecule has 0 aliphatic carbocycles. The van der Waals surface area contributed by atoms with E-state index in [0.717, 1.165) is 6.42 Å². The van der Waals surface area contributed by atoms with Crippen LogP contribution in [0.15, 0.2) is 18.7 Å². The summed E-state index contributed by atoms with van der Waals surface area (Å²) in [6.07, 6.45) is 6.45. The van der Waals surface area contributed by atoms with Crippen molar-refractivity contribution in [2.75, 3.05) is 33.9 Å². The van der Waals surface area contributed by atoms with Gasteiger partial charge in [0.1, 0.15) is 6.33 Å². The lowest BCUT2D eigenvalue weighted by atomic mass is 9.96. The molecule has 0 bridgehead atoms. The number of hydrogen-bond donors (Lipinski definition) is 2. The zero-order valence-electron chi connectivity index (χ0n) is 15.8. The molecule has 2 heterocycles. The maximum Gasteiger partial charge on any atom is 0.254 e. The topological polar surface area (TPSA) is 114 Å². The molecule has 0 saturated carbocycles. The van der Waals surface area contributed by atoms with E-state index in [2.05, 4.69) is 20.6 Å². The lowest BCUT2D eigenvalue weighted by Gasteiger charge is -2.24. The Hall–Kier alpha value is -2.55. The van der Waals surface area contributed by atoms with Crippen molar-refractivity contribution in [1.82, 2.24) is 25.5 Å². The van der Waals surface area contributed by atoms with Crippen molar-refractivity contribution in [2.45, 2.75) is 31.7 Å². The first kappa shape index (κ1) is 20.8. The van der Waals surface area contributed by atoms with Gasteiger partial charge in [0.05, 0.1) is 12.2 Å². The number of hydrogen-bond acceptors (Lipinski definition) is 6. The SMILES string of the molecule is COCCNC(=O)[C@@H]1CCC[C@@H](NC(=O)c2cncnc2)CN(C)C(=O)C1. The van der Waals surface area contributed by atoms with Crippen molar-refractivity contribution >= 4 is 17.7 Å².